The highest BCUT2D eigenvalue weighted by molar-refractivity contribution is 7.99. The van der Waals surface area contributed by atoms with Crippen molar-refractivity contribution in [1.29, 1.82) is 0 Å². The average molecular weight is 405 g/mol. The molecule has 2 aromatic carbocycles. The summed E-state index contributed by atoms with van der Waals surface area (Å²) in [6.07, 6.45) is 3.24. The fourth-order valence-corrected chi connectivity index (χ4v) is 3.97. The molecule has 0 bridgehead atoms. The first kappa shape index (κ1) is 19.2. The second-order valence-electron chi connectivity index (χ2n) is 6.39. The molecule has 7 heteroatoms. The Morgan fingerprint density at radius 3 is 2.59 bits per heavy atom. The Bertz CT molecular complexity index is 1180. The number of aliphatic hydroxyl groups is 1. The summed E-state index contributed by atoms with van der Waals surface area (Å²) < 4.78 is 6.37. The summed E-state index contributed by atoms with van der Waals surface area (Å²) in [4.78, 5) is 19.3. The second-order valence-corrected chi connectivity index (χ2v) is 7.54. The maximum atomic E-state index is 13.0. The maximum absolute atomic E-state index is 13.0. The van der Waals surface area contributed by atoms with E-state index in [1.54, 1.807) is 36.3 Å². The first-order chi connectivity index (χ1) is 14.2. The number of aliphatic hydroxyl groups excluding tert-OH is 1. The van der Waals surface area contributed by atoms with E-state index in [-0.39, 0.29) is 12.2 Å². The van der Waals surface area contributed by atoms with Gasteiger partial charge in [-0.25, -0.2) is 9.67 Å². The highest BCUT2D eigenvalue weighted by atomic mass is 32.2. The fraction of sp³-hybridized carbons (Fsp3) is 0.136. The second kappa shape index (κ2) is 8.46. The van der Waals surface area contributed by atoms with Crippen LogP contribution in [0.4, 0.5) is 0 Å². The van der Waals surface area contributed by atoms with Crippen LogP contribution >= 0.6 is 11.8 Å². The molecule has 2 aromatic heterocycles. The minimum Gasteiger partial charge on any atom is -0.481 e. The van der Waals surface area contributed by atoms with Crippen LogP contribution in [0, 0.1) is 0 Å². The van der Waals surface area contributed by atoms with E-state index in [2.05, 4.69) is 10.1 Å². The van der Waals surface area contributed by atoms with Crippen molar-refractivity contribution >= 4 is 22.5 Å². The van der Waals surface area contributed by atoms with E-state index in [9.17, 15) is 9.90 Å². The van der Waals surface area contributed by atoms with Gasteiger partial charge in [-0.3, -0.25) is 4.79 Å². The number of benzene rings is 2. The first-order valence-corrected chi connectivity index (χ1v) is 9.86. The van der Waals surface area contributed by atoms with Gasteiger partial charge in [0.25, 0.3) is 5.56 Å². The number of hydrogen-bond donors (Lipinski definition) is 1. The lowest BCUT2D eigenvalue weighted by Crippen LogP contribution is -2.30. The number of hydrogen-bond acceptors (Lipinski definition) is 6. The third kappa shape index (κ3) is 4.01. The van der Waals surface area contributed by atoms with Crippen molar-refractivity contribution in [3.05, 3.63) is 89.0 Å². The van der Waals surface area contributed by atoms with Crippen LogP contribution < -0.4 is 10.3 Å². The van der Waals surface area contributed by atoms with Crippen LogP contribution in [0.5, 0.6) is 5.88 Å². The highest BCUT2D eigenvalue weighted by Crippen LogP contribution is 2.29. The maximum Gasteiger partial charge on any atom is 0.275 e. The first-order valence-electron chi connectivity index (χ1n) is 9.05. The molecule has 1 atom stereocenters. The summed E-state index contributed by atoms with van der Waals surface area (Å²) in [5, 5.41) is 15.5. The molecule has 4 rings (SSSR count). The Morgan fingerprint density at radius 1 is 1.07 bits per heavy atom. The van der Waals surface area contributed by atoms with Gasteiger partial charge >= 0.3 is 0 Å². The predicted molar refractivity (Wildman–Crippen MR) is 113 cm³/mol. The minimum absolute atomic E-state index is 0.256. The molecule has 0 spiro atoms. The molecular formula is C22H19N3O3S. The average Bonchev–Trinajstić information content (AvgIpc) is 2.77. The van der Waals surface area contributed by atoms with Gasteiger partial charge in [0, 0.05) is 27.4 Å². The normalized spacial score (nSPS) is 12.1. The molecule has 2 heterocycles. The van der Waals surface area contributed by atoms with Gasteiger partial charge < -0.3 is 9.84 Å². The Morgan fingerprint density at radius 2 is 1.90 bits per heavy atom. The summed E-state index contributed by atoms with van der Waals surface area (Å²) in [5.74, 6) is 0.465. The van der Waals surface area contributed by atoms with Gasteiger partial charge in [0.2, 0.25) is 5.88 Å². The van der Waals surface area contributed by atoms with Crippen molar-refractivity contribution in [3.63, 3.8) is 0 Å². The van der Waals surface area contributed by atoms with Crippen LogP contribution in [-0.2, 0) is 0 Å². The molecule has 0 aliphatic rings. The fourth-order valence-electron chi connectivity index (χ4n) is 3.09. The minimum atomic E-state index is -0.622. The lowest BCUT2D eigenvalue weighted by Gasteiger charge is -2.17. The summed E-state index contributed by atoms with van der Waals surface area (Å²) in [6.45, 7) is -0.269. The molecule has 0 radical (unpaired) electrons. The third-order valence-electron chi connectivity index (χ3n) is 4.58. The van der Waals surface area contributed by atoms with Crippen molar-refractivity contribution in [3.8, 4) is 5.88 Å². The van der Waals surface area contributed by atoms with E-state index < -0.39 is 6.04 Å². The number of pyridine rings is 1. The van der Waals surface area contributed by atoms with Crippen LogP contribution in [0.1, 0.15) is 11.6 Å². The molecule has 0 amide bonds. The van der Waals surface area contributed by atoms with Gasteiger partial charge in [-0.15, -0.1) is 0 Å². The van der Waals surface area contributed by atoms with E-state index in [1.807, 2.05) is 48.5 Å². The van der Waals surface area contributed by atoms with Gasteiger partial charge in [0.15, 0.2) is 0 Å². The largest absolute Gasteiger partial charge is 0.481 e. The smallest absolute Gasteiger partial charge is 0.275 e. The standard InChI is InChI=1S/C22H19N3O3S/c1-28-21-10-7-15(12-23-21)20(14-26)25-22(27)19-9-8-18(11-16(19)13-24-25)29-17-5-3-2-4-6-17/h2-13,20,26H,14H2,1H3. The van der Waals surface area contributed by atoms with Crippen molar-refractivity contribution in [2.24, 2.45) is 0 Å². The SMILES string of the molecule is COc1ccc(C(CO)n2ncc3cc(Sc4ccccc4)ccc3c2=O)cn1. The van der Waals surface area contributed by atoms with Crippen LogP contribution in [0.3, 0.4) is 0 Å². The summed E-state index contributed by atoms with van der Waals surface area (Å²) in [5.41, 5.74) is 0.423. The van der Waals surface area contributed by atoms with Gasteiger partial charge in [0.1, 0.15) is 6.04 Å². The Labute approximate surface area is 171 Å². The molecule has 0 fully saturated rings. The molecule has 6 nitrogen and oxygen atoms in total. The molecule has 1 unspecified atom stereocenters. The molecule has 29 heavy (non-hydrogen) atoms. The highest BCUT2D eigenvalue weighted by Gasteiger charge is 2.17. The van der Waals surface area contributed by atoms with E-state index in [1.165, 1.54) is 11.8 Å². The summed E-state index contributed by atoms with van der Waals surface area (Å²) >= 11 is 1.63. The number of fused-ring (bicyclic) bond motifs is 1. The number of aromatic nitrogens is 3. The van der Waals surface area contributed by atoms with Gasteiger partial charge in [0.05, 0.1) is 25.3 Å². The molecule has 4 aromatic rings. The zero-order chi connectivity index (χ0) is 20.2. The Balaban J connectivity index is 1.69. The lowest BCUT2D eigenvalue weighted by molar-refractivity contribution is 0.237. The zero-order valence-corrected chi connectivity index (χ0v) is 16.5. The van der Waals surface area contributed by atoms with Gasteiger partial charge in [-0.05, 0) is 42.0 Å². The van der Waals surface area contributed by atoms with E-state index in [0.717, 1.165) is 15.2 Å². The number of methoxy groups -OCH3 is 1. The van der Waals surface area contributed by atoms with E-state index >= 15 is 0 Å². The zero-order valence-electron chi connectivity index (χ0n) is 15.7. The molecule has 146 valence electrons. The van der Waals surface area contributed by atoms with Crippen molar-refractivity contribution in [1.82, 2.24) is 14.8 Å². The van der Waals surface area contributed by atoms with Crippen LogP contribution in [0.25, 0.3) is 10.8 Å². The van der Waals surface area contributed by atoms with E-state index in [4.69, 9.17) is 4.74 Å². The monoisotopic (exact) mass is 405 g/mol. The molecule has 0 saturated carbocycles. The van der Waals surface area contributed by atoms with Crippen LogP contribution in [0.15, 0.2) is 87.6 Å². The topological polar surface area (TPSA) is 77.2 Å². The van der Waals surface area contributed by atoms with Crippen molar-refractivity contribution in [2.75, 3.05) is 13.7 Å². The third-order valence-corrected chi connectivity index (χ3v) is 5.58. The molecule has 0 aliphatic heterocycles. The number of rotatable bonds is 6. The summed E-state index contributed by atoms with van der Waals surface area (Å²) in [7, 11) is 1.53. The quantitative estimate of drug-likeness (QED) is 0.529. The molecule has 0 aliphatic carbocycles. The lowest BCUT2D eigenvalue weighted by atomic mass is 10.1. The summed E-state index contributed by atoms with van der Waals surface area (Å²) in [6, 6.07) is 18.6. The Kier molecular flexibility index (Phi) is 5.59. The van der Waals surface area contributed by atoms with Gasteiger partial charge in [-0.2, -0.15) is 5.10 Å². The van der Waals surface area contributed by atoms with Crippen molar-refractivity contribution in [2.45, 2.75) is 15.8 Å². The van der Waals surface area contributed by atoms with Crippen LogP contribution in [0.2, 0.25) is 0 Å². The number of nitrogens with zero attached hydrogens (tertiary/aromatic N) is 3. The number of ether oxygens (including phenoxy) is 1. The van der Waals surface area contributed by atoms with Crippen molar-refractivity contribution < 1.29 is 9.84 Å². The molecule has 1 N–H and O–H groups in total. The molecule has 0 saturated heterocycles. The predicted octanol–water partition coefficient (Wildman–Crippen LogP) is 3.53. The Hall–Kier alpha value is -3.16. The molecular weight excluding hydrogens is 386 g/mol. The van der Waals surface area contributed by atoms with Gasteiger partial charge in [-0.1, -0.05) is 30.0 Å². The van der Waals surface area contributed by atoms with Crippen LogP contribution in [-0.4, -0.2) is 33.6 Å². The van der Waals surface area contributed by atoms with E-state index in [0.29, 0.717) is 16.8 Å².